The highest BCUT2D eigenvalue weighted by molar-refractivity contribution is 9.10. The Morgan fingerprint density at radius 1 is 1.40 bits per heavy atom. The summed E-state index contributed by atoms with van der Waals surface area (Å²) < 4.78 is 0.877. The molecule has 0 radical (unpaired) electrons. The molecule has 0 amide bonds. The molecule has 0 saturated carbocycles. The molecular weight excluding hydrogens is 356 g/mol. The lowest BCUT2D eigenvalue weighted by Gasteiger charge is -2.15. The Morgan fingerprint density at radius 3 is 2.65 bits per heavy atom. The number of nitrogens with two attached hydrogens (primary N) is 1. The fraction of sp³-hybridized carbons (Fsp3) is 0.400. The molecule has 0 aliphatic heterocycles. The minimum atomic E-state index is -0.0671. The molecule has 5 heteroatoms. The number of hydrogen-bond acceptors (Lipinski definition) is 3. The van der Waals surface area contributed by atoms with Crippen molar-refractivity contribution in [2.45, 2.75) is 38.6 Å². The molecule has 1 aromatic heterocycles. The van der Waals surface area contributed by atoms with Crippen molar-refractivity contribution < 1.29 is 0 Å². The van der Waals surface area contributed by atoms with E-state index in [4.69, 9.17) is 17.3 Å². The highest BCUT2D eigenvalue weighted by atomic mass is 79.9. The molecule has 2 rings (SSSR count). The maximum atomic E-state index is 6.27. The fourth-order valence-electron chi connectivity index (χ4n) is 1.80. The Morgan fingerprint density at radius 2 is 2.10 bits per heavy atom. The summed E-state index contributed by atoms with van der Waals surface area (Å²) in [5.74, 6) is 0. The number of nitrogens with zero attached hydrogens (tertiary/aromatic N) is 1. The zero-order valence-electron chi connectivity index (χ0n) is 11.8. The Balaban J connectivity index is 2.13. The summed E-state index contributed by atoms with van der Waals surface area (Å²) >= 11 is 11.1. The molecule has 0 aliphatic carbocycles. The normalized spacial score (nSPS) is 13.5. The topological polar surface area (TPSA) is 38.9 Å². The van der Waals surface area contributed by atoms with Crippen LogP contribution in [0.4, 0.5) is 0 Å². The van der Waals surface area contributed by atoms with Crippen LogP contribution in [0.2, 0.25) is 5.02 Å². The molecule has 0 spiro atoms. The highest BCUT2D eigenvalue weighted by Crippen LogP contribution is 2.29. The van der Waals surface area contributed by atoms with Gasteiger partial charge in [0.2, 0.25) is 0 Å². The third kappa shape index (κ3) is 3.82. The van der Waals surface area contributed by atoms with Gasteiger partial charge >= 0.3 is 0 Å². The molecular formula is C15H18BrClN2S. The summed E-state index contributed by atoms with van der Waals surface area (Å²) in [4.78, 5) is 4.69. The molecule has 1 aromatic carbocycles. The highest BCUT2D eigenvalue weighted by Gasteiger charge is 2.18. The second kappa shape index (κ2) is 6.14. The van der Waals surface area contributed by atoms with Crippen molar-refractivity contribution in [3.8, 4) is 0 Å². The van der Waals surface area contributed by atoms with Crippen molar-refractivity contribution >= 4 is 38.9 Å². The van der Waals surface area contributed by atoms with Gasteiger partial charge in [0, 0.05) is 27.7 Å². The van der Waals surface area contributed by atoms with Gasteiger partial charge in [0.1, 0.15) is 0 Å². The van der Waals surface area contributed by atoms with Crippen LogP contribution in [0.5, 0.6) is 0 Å². The van der Waals surface area contributed by atoms with Gasteiger partial charge in [0.05, 0.1) is 15.7 Å². The number of hydrogen-bond donors (Lipinski definition) is 1. The van der Waals surface area contributed by atoms with E-state index in [1.165, 1.54) is 0 Å². The van der Waals surface area contributed by atoms with Gasteiger partial charge in [-0.2, -0.15) is 0 Å². The Hall–Kier alpha value is -0.420. The quantitative estimate of drug-likeness (QED) is 0.813. The van der Waals surface area contributed by atoms with Gasteiger partial charge in [-0.25, -0.2) is 4.98 Å². The molecule has 1 heterocycles. The molecule has 2 nitrogen and oxygen atoms in total. The second-order valence-corrected chi connectivity index (χ2v) is 8.06. The lowest BCUT2D eigenvalue weighted by Crippen LogP contribution is -2.15. The first kappa shape index (κ1) is 16.0. The van der Waals surface area contributed by atoms with Gasteiger partial charge in [-0.3, -0.25) is 0 Å². The van der Waals surface area contributed by atoms with E-state index in [0.717, 1.165) is 27.2 Å². The number of halogens is 2. The summed E-state index contributed by atoms with van der Waals surface area (Å²) in [5.41, 5.74) is 8.54. The van der Waals surface area contributed by atoms with Crippen LogP contribution in [0.3, 0.4) is 0 Å². The van der Waals surface area contributed by atoms with Crippen LogP contribution in [-0.4, -0.2) is 4.98 Å². The summed E-state index contributed by atoms with van der Waals surface area (Å²) in [6.07, 6.45) is 0.745. The Bertz CT molecular complexity index is 604. The van der Waals surface area contributed by atoms with Gasteiger partial charge in [0.25, 0.3) is 0 Å². The summed E-state index contributed by atoms with van der Waals surface area (Å²) in [6, 6.07) is 5.74. The smallest absolute Gasteiger partial charge is 0.0947 e. The number of rotatable bonds is 3. The van der Waals surface area contributed by atoms with E-state index in [1.54, 1.807) is 11.3 Å². The first-order valence-electron chi connectivity index (χ1n) is 6.43. The molecule has 0 aliphatic rings. The van der Waals surface area contributed by atoms with Gasteiger partial charge < -0.3 is 5.73 Å². The van der Waals surface area contributed by atoms with Crippen LogP contribution in [-0.2, 0) is 11.8 Å². The first-order chi connectivity index (χ1) is 9.27. The van der Waals surface area contributed by atoms with E-state index in [0.29, 0.717) is 5.02 Å². The van der Waals surface area contributed by atoms with Crippen LogP contribution in [0.25, 0.3) is 0 Å². The Labute approximate surface area is 137 Å². The third-order valence-corrected chi connectivity index (χ3v) is 5.17. The number of thiazole rings is 1. The summed E-state index contributed by atoms with van der Waals surface area (Å²) in [6.45, 7) is 6.51. The van der Waals surface area contributed by atoms with Gasteiger partial charge in [-0.05, 0) is 33.6 Å². The van der Waals surface area contributed by atoms with Crippen molar-refractivity contribution in [1.29, 1.82) is 0 Å². The van der Waals surface area contributed by atoms with Gasteiger partial charge in [-0.1, -0.05) is 38.4 Å². The van der Waals surface area contributed by atoms with Crippen LogP contribution >= 0.6 is 38.9 Å². The van der Waals surface area contributed by atoms with Gasteiger partial charge in [-0.15, -0.1) is 11.3 Å². The van der Waals surface area contributed by atoms with Crippen LogP contribution < -0.4 is 5.73 Å². The van der Waals surface area contributed by atoms with Gasteiger partial charge in [0.15, 0.2) is 0 Å². The zero-order valence-corrected chi connectivity index (χ0v) is 14.9. The Kier molecular flexibility index (Phi) is 4.90. The molecule has 2 aromatic rings. The van der Waals surface area contributed by atoms with Crippen molar-refractivity contribution in [1.82, 2.24) is 4.98 Å². The monoisotopic (exact) mass is 372 g/mol. The molecule has 2 N–H and O–H groups in total. The van der Waals surface area contributed by atoms with E-state index in [9.17, 15) is 0 Å². The number of benzene rings is 1. The van der Waals surface area contributed by atoms with Crippen LogP contribution in [0.1, 0.15) is 43.1 Å². The zero-order chi connectivity index (χ0) is 14.9. The molecule has 0 bridgehead atoms. The van der Waals surface area contributed by atoms with Crippen molar-refractivity contribution in [2.24, 2.45) is 5.73 Å². The average molecular weight is 374 g/mol. The maximum absolute atomic E-state index is 6.27. The maximum Gasteiger partial charge on any atom is 0.0947 e. The minimum Gasteiger partial charge on any atom is -0.324 e. The SMILES string of the molecule is CC(C)(C)c1csc(CC(N)c2ccc(Cl)c(Br)c2)n1. The van der Waals surface area contributed by atoms with E-state index in [-0.39, 0.29) is 11.5 Å². The van der Waals surface area contributed by atoms with Crippen LogP contribution in [0.15, 0.2) is 28.1 Å². The van der Waals surface area contributed by atoms with Crippen molar-refractivity contribution in [2.75, 3.05) is 0 Å². The molecule has 0 fully saturated rings. The molecule has 20 heavy (non-hydrogen) atoms. The lowest BCUT2D eigenvalue weighted by molar-refractivity contribution is 0.569. The van der Waals surface area contributed by atoms with E-state index >= 15 is 0 Å². The average Bonchev–Trinajstić information content (AvgIpc) is 2.81. The predicted octanol–water partition coefficient (Wildman–Crippen LogP) is 5.10. The fourth-order valence-corrected chi connectivity index (χ4v) is 3.39. The molecule has 108 valence electrons. The number of aromatic nitrogens is 1. The van der Waals surface area contributed by atoms with Crippen LogP contribution in [0, 0.1) is 0 Å². The first-order valence-corrected chi connectivity index (χ1v) is 8.48. The standard InChI is InChI=1S/C15H18BrClN2S/c1-15(2,3)13-8-20-14(19-13)7-12(18)9-4-5-11(17)10(16)6-9/h4-6,8,12H,7,18H2,1-3H3. The molecule has 1 unspecified atom stereocenters. The largest absolute Gasteiger partial charge is 0.324 e. The van der Waals surface area contributed by atoms with Crippen molar-refractivity contribution in [3.63, 3.8) is 0 Å². The van der Waals surface area contributed by atoms with E-state index in [2.05, 4.69) is 47.1 Å². The summed E-state index contributed by atoms with van der Waals surface area (Å²) in [5, 5.41) is 3.90. The minimum absolute atomic E-state index is 0.0671. The van der Waals surface area contributed by atoms with Crippen molar-refractivity contribution in [3.05, 3.63) is 49.3 Å². The third-order valence-electron chi connectivity index (χ3n) is 3.09. The summed E-state index contributed by atoms with van der Waals surface area (Å²) in [7, 11) is 0. The predicted molar refractivity (Wildman–Crippen MR) is 90.6 cm³/mol. The lowest BCUT2D eigenvalue weighted by atomic mass is 9.93. The van der Waals surface area contributed by atoms with E-state index in [1.807, 2.05) is 18.2 Å². The second-order valence-electron chi connectivity index (χ2n) is 5.86. The molecule has 0 saturated heterocycles. The molecule has 1 atom stereocenters. The van der Waals surface area contributed by atoms with E-state index < -0.39 is 0 Å².